The van der Waals surface area contributed by atoms with E-state index in [9.17, 15) is 0 Å². The number of ether oxygens (including phenoxy) is 1. The molecule has 1 fully saturated rings. The lowest BCUT2D eigenvalue weighted by Crippen LogP contribution is -2.39. The molecule has 1 aliphatic rings. The Morgan fingerprint density at radius 2 is 1.92 bits per heavy atom. The minimum Gasteiger partial charge on any atom is -0.381 e. The second-order valence-corrected chi connectivity index (χ2v) is 7.34. The number of guanidine groups is 1. The van der Waals surface area contributed by atoms with E-state index in [4.69, 9.17) is 4.74 Å². The number of hydrogen-bond acceptors (Lipinski definition) is 3. The van der Waals surface area contributed by atoms with E-state index in [0.29, 0.717) is 5.92 Å². The summed E-state index contributed by atoms with van der Waals surface area (Å²) in [5.41, 5.74) is 0. The van der Waals surface area contributed by atoms with E-state index in [1.165, 1.54) is 45.2 Å². The van der Waals surface area contributed by atoms with Gasteiger partial charge in [0.15, 0.2) is 5.96 Å². The van der Waals surface area contributed by atoms with Crippen LogP contribution >= 0.6 is 0 Å². The Morgan fingerprint density at radius 1 is 1.17 bits per heavy atom. The first-order valence-corrected chi connectivity index (χ1v) is 9.89. The highest BCUT2D eigenvalue weighted by Crippen LogP contribution is 2.16. The van der Waals surface area contributed by atoms with E-state index in [-0.39, 0.29) is 0 Å². The lowest BCUT2D eigenvalue weighted by molar-refractivity contribution is 0.108. The smallest absolute Gasteiger partial charge is 0.190 e. The van der Waals surface area contributed by atoms with Crippen molar-refractivity contribution in [2.24, 2.45) is 10.9 Å². The molecule has 2 N–H and O–H groups in total. The fraction of sp³-hybridized carbons (Fsp3) is 0.947. The highest BCUT2D eigenvalue weighted by molar-refractivity contribution is 5.79. The van der Waals surface area contributed by atoms with Crippen LogP contribution in [0.15, 0.2) is 4.99 Å². The summed E-state index contributed by atoms with van der Waals surface area (Å²) in [6.45, 7) is 12.8. The molecule has 1 aliphatic heterocycles. The fourth-order valence-corrected chi connectivity index (χ4v) is 3.06. The second kappa shape index (κ2) is 13.5. The van der Waals surface area contributed by atoms with Crippen molar-refractivity contribution in [3.05, 3.63) is 0 Å². The number of rotatable bonds is 11. The highest BCUT2D eigenvalue weighted by atomic mass is 16.5. The Labute approximate surface area is 149 Å². The average molecular weight is 341 g/mol. The lowest BCUT2D eigenvalue weighted by Gasteiger charge is -2.33. The molecule has 1 heterocycles. The van der Waals surface area contributed by atoms with Gasteiger partial charge < -0.3 is 20.3 Å². The summed E-state index contributed by atoms with van der Waals surface area (Å²) in [7, 11) is 1.83. The quantitative estimate of drug-likeness (QED) is 0.345. The van der Waals surface area contributed by atoms with Crippen molar-refractivity contribution in [3.63, 3.8) is 0 Å². The van der Waals surface area contributed by atoms with Gasteiger partial charge in [0, 0.05) is 39.4 Å². The van der Waals surface area contributed by atoms with E-state index in [0.717, 1.165) is 44.7 Å². The number of piperidine rings is 1. The van der Waals surface area contributed by atoms with Gasteiger partial charge in [0.25, 0.3) is 0 Å². The van der Waals surface area contributed by atoms with Crippen LogP contribution in [0.4, 0.5) is 0 Å². The zero-order valence-corrected chi connectivity index (χ0v) is 16.4. The molecule has 1 atom stereocenters. The molecule has 0 aromatic heterocycles. The molecule has 0 aliphatic carbocycles. The first kappa shape index (κ1) is 21.2. The van der Waals surface area contributed by atoms with Crippen molar-refractivity contribution < 1.29 is 4.74 Å². The number of unbranched alkanes of at least 4 members (excludes halogenated alkanes) is 1. The van der Waals surface area contributed by atoms with Crippen LogP contribution in [-0.4, -0.2) is 63.3 Å². The summed E-state index contributed by atoms with van der Waals surface area (Å²) in [4.78, 5) is 6.92. The summed E-state index contributed by atoms with van der Waals surface area (Å²) in [6.07, 6.45) is 7.62. The molecule has 142 valence electrons. The predicted molar refractivity (Wildman–Crippen MR) is 104 cm³/mol. The van der Waals surface area contributed by atoms with Gasteiger partial charge in [-0.15, -0.1) is 0 Å². The number of nitrogens with one attached hydrogen (secondary N) is 2. The maximum absolute atomic E-state index is 5.58. The number of hydrogen-bond donors (Lipinski definition) is 2. The number of aliphatic imine (C=N–C) groups is 1. The minimum atomic E-state index is 0.611. The standard InChI is InChI=1S/C19H40N4O/c1-17(2)16-24-15-9-12-22-19(20-4)21-11-6-8-14-23-13-7-5-10-18(23)3/h17-18H,5-16H2,1-4H3,(H2,20,21,22). The van der Waals surface area contributed by atoms with Crippen LogP contribution in [0, 0.1) is 5.92 Å². The molecule has 1 unspecified atom stereocenters. The van der Waals surface area contributed by atoms with Crippen molar-refractivity contribution in [2.45, 2.75) is 65.3 Å². The summed E-state index contributed by atoms with van der Waals surface area (Å²) in [5.74, 6) is 1.52. The Kier molecular flexibility index (Phi) is 11.9. The first-order valence-electron chi connectivity index (χ1n) is 9.89. The molecule has 0 spiro atoms. The van der Waals surface area contributed by atoms with Gasteiger partial charge in [0.1, 0.15) is 0 Å². The maximum atomic E-state index is 5.58. The van der Waals surface area contributed by atoms with Crippen LogP contribution in [0.3, 0.4) is 0 Å². The van der Waals surface area contributed by atoms with E-state index >= 15 is 0 Å². The van der Waals surface area contributed by atoms with Crippen molar-refractivity contribution in [2.75, 3.05) is 46.4 Å². The molecule has 5 heteroatoms. The van der Waals surface area contributed by atoms with Gasteiger partial charge in [-0.05, 0) is 58.0 Å². The molecule has 0 aromatic rings. The summed E-state index contributed by atoms with van der Waals surface area (Å²) >= 11 is 0. The molecule has 5 nitrogen and oxygen atoms in total. The molecule has 0 bridgehead atoms. The SMILES string of the molecule is CN=C(NCCCCN1CCCCC1C)NCCCOCC(C)C. The van der Waals surface area contributed by atoms with Gasteiger partial charge in [-0.2, -0.15) is 0 Å². The zero-order valence-electron chi connectivity index (χ0n) is 16.4. The largest absolute Gasteiger partial charge is 0.381 e. The predicted octanol–water partition coefficient (Wildman–Crippen LogP) is 2.87. The second-order valence-electron chi connectivity index (χ2n) is 7.34. The van der Waals surface area contributed by atoms with Crippen LogP contribution in [0.25, 0.3) is 0 Å². The van der Waals surface area contributed by atoms with Crippen LogP contribution < -0.4 is 10.6 Å². The van der Waals surface area contributed by atoms with Crippen molar-refractivity contribution >= 4 is 5.96 Å². The number of likely N-dealkylation sites (tertiary alicyclic amines) is 1. The van der Waals surface area contributed by atoms with Gasteiger partial charge in [-0.25, -0.2) is 0 Å². The molecular formula is C19H40N4O. The third kappa shape index (κ3) is 10.1. The normalized spacial score (nSPS) is 19.7. The zero-order chi connectivity index (χ0) is 17.6. The van der Waals surface area contributed by atoms with Crippen molar-refractivity contribution in [3.8, 4) is 0 Å². The van der Waals surface area contributed by atoms with Gasteiger partial charge >= 0.3 is 0 Å². The van der Waals surface area contributed by atoms with Crippen LogP contribution in [0.1, 0.15) is 59.3 Å². The third-order valence-corrected chi connectivity index (χ3v) is 4.54. The van der Waals surface area contributed by atoms with Gasteiger partial charge in [0.2, 0.25) is 0 Å². The van der Waals surface area contributed by atoms with Gasteiger partial charge in [0.05, 0.1) is 0 Å². The van der Waals surface area contributed by atoms with Crippen molar-refractivity contribution in [1.82, 2.24) is 15.5 Å². The van der Waals surface area contributed by atoms with E-state index in [1.807, 2.05) is 7.05 Å². The fourth-order valence-electron chi connectivity index (χ4n) is 3.06. The average Bonchev–Trinajstić information content (AvgIpc) is 2.57. The molecule has 0 radical (unpaired) electrons. The van der Waals surface area contributed by atoms with Gasteiger partial charge in [-0.3, -0.25) is 4.99 Å². The maximum Gasteiger partial charge on any atom is 0.190 e. The van der Waals surface area contributed by atoms with Crippen LogP contribution in [0.2, 0.25) is 0 Å². The molecule has 0 amide bonds. The van der Waals surface area contributed by atoms with E-state index in [2.05, 4.69) is 41.3 Å². The molecular weight excluding hydrogens is 300 g/mol. The van der Waals surface area contributed by atoms with Crippen LogP contribution in [-0.2, 0) is 4.74 Å². The topological polar surface area (TPSA) is 48.9 Å². The summed E-state index contributed by atoms with van der Waals surface area (Å²) in [5, 5.41) is 6.76. The lowest BCUT2D eigenvalue weighted by atomic mass is 10.0. The monoisotopic (exact) mass is 340 g/mol. The molecule has 0 saturated carbocycles. The minimum absolute atomic E-state index is 0.611. The Morgan fingerprint density at radius 3 is 2.58 bits per heavy atom. The van der Waals surface area contributed by atoms with Gasteiger partial charge in [-0.1, -0.05) is 20.3 Å². The molecule has 1 saturated heterocycles. The number of nitrogens with zero attached hydrogens (tertiary/aromatic N) is 2. The third-order valence-electron chi connectivity index (χ3n) is 4.54. The van der Waals surface area contributed by atoms with E-state index < -0.39 is 0 Å². The highest BCUT2D eigenvalue weighted by Gasteiger charge is 2.16. The molecule has 1 rings (SSSR count). The molecule has 24 heavy (non-hydrogen) atoms. The summed E-state index contributed by atoms with van der Waals surface area (Å²) in [6, 6.07) is 0.777. The molecule has 0 aromatic carbocycles. The van der Waals surface area contributed by atoms with Crippen LogP contribution in [0.5, 0.6) is 0 Å². The van der Waals surface area contributed by atoms with Crippen molar-refractivity contribution in [1.29, 1.82) is 0 Å². The first-order chi connectivity index (χ1) is 11.6. The summed E-state index contributed by atoms with van der Waals surface area (Å²) < 4.78 is 5.58. The Hall–Kier alpha value is -0.810. The Balaban J connectivity index is 1.97. The van der Waals surface area contributed by atoms with E-state index in [1.54, 1.807) is 0 Å². The Bertz CT molecular complexity index is 333.